The lowest BCUT2D eigenvalue weighted by atomic mass is 10.1. The number of ether oxygens (including phenoxy) is 2. The van der Waals surface area contributed by atoms with Gasteiger partial charge in [-0.3, -0.25) is 9.69 Å². The standard InChI is InChI=1S/C17H19N3O3/c1-19(2)8-7-14(21)16-15(18-17-20(16)9-10-23-17)12-5-4-6-13(11-12)22-3/h4-11,17-18H,1-3H3/b8-7-/t17-/m1/s1. The van der Waals surface area contributed by atoms with E-state index in [0.717, 1.165) is 17.0 Å². The number of carbonyl (C=O) groups excluding carboxylic acids is 1. The minimum Gasteiger partial charge on any atom is -0.497 e. The van der Waals surface area contributed by atoms with Gasteiger partial charge in [0, 0.05) is 38.1 Å². The van der Waals surface area contributed by atoms with Gasteiger partial charge in [-0.05, 0) is 12.1 Å². The molecule has 2 aliphatic heterocycles. The molecule has 1 N–H and O–H groups in total. The number of fused-ring (bicyclic) bond motifs is 1. The Labute approximate surface area is 135 Å². The highest BCUT2D eigenvalue weighted by atomic mass is 16.5. The third-order valence-corrected chi connectivity index (χ3v) is 3.56. The average molecular weight is 313 g/mol. The van der Waals surface area contributed by atoms with Crippen molar-refractivity contribution < 1.29 is 14.3 Å². The van der Waals surface area contributed by atoms with E-state index < -0.39 is 0 Å². The molecule has 0 saturated carbocycles. The van der Waals surface area contributed by atoms with E-state index in [1.807, 2.05) is 43.3 Å². The van der Waals surface area contributed by atoms with Crippen LogP contribution in [0.15, 0.2) is 54.7 Å². The molecule has 0 bridgehead atoms. The molecule has 2 heterocycles. The first-order valence-corrected chi connectivity index (χ1v) is 7.25. The monoisotopic (exact) mass is 313 g/mol. The van der Waals surface area contributed by atoms with Gasteiger partial charge < -0.3 is 19.7 Å². The number of benzene rings is 1. The summed E-state index contributed by atoms with van der Waals surface area (Å²) in [5.41, 5.74) is 2.15. The number of nitrogens with zero attached hydrogens (tertiary/aromatic N) is 2. The van der Waals surface area contributed by atoms with Crippen LogP contribution in [0.1, 0.15) is 5.56 Å². The number of hydrogen-bond acceptors (Lipinski definition) is 6. The van der Waals surface area contributed by atoms with Crippen LogP contribution in [0.25, 0.3) is 5.70 Å². The van der Waals surface area contributed by atoms with Crippen LogP contribution in [-0.4, -0.2) is 43.1 Å². The number of allylic oxidation sites excluding steroid dienone is 1. The predicted molar refractivity (Wildman–Crippen MR) is 86.7 cm³/mol. The van der Waals surface area contributed by atoms with Gasteiger partial charge in [-0.2, -0.15) is 0 Å². The second-order valence-corrected chi connectivity index (χ2v) is 5.42. The minimum absolute atomic E-state index is 0.0957. The van der Waals surface area contributed by atoms with Crippen molar-refractivity contribution in [1.82, 2.24) is 15.1 Å². The Morgan fingerprint density at radius 1 is 1.43 bits per heavy atom. The molecular weight excluding hydrogens is 294 g/mol. The van der Waals surface area contributed by atoms with E-state index in [-0.39, 0.29) is 12.1 Å². The molecule has 0 radical (unpaired) electrons. The molecule has 0 unspecified atom stereocenters. The Morgan fingerprint density at radius 2 is 2.26 bits per heavy atom. The summed E-state index contributed by atoms with van der Waals surface area (Å²) in [6, 6.07) is 7.57. The summed E-state index contributed by atoms with van der Waals surface area (Å²) >= 11 is 0. The number of carbonyl (C=O) groups is 1. The summed E-state index contributed by atoms with van der Waals surface area (Å²) in [4.78, 5) is 16.3. The number of ketones is 1. The van der Waals surface area contributed by atoms with Crippen molar-refractivity contribution in [2.45, 2.75) is 6.35 Å². The van der Waals surface area contributed by atoms with Crippen LogP contribution in [0.4, 0.5) is 0 Å². The third-order valence-electron chi connectivity index (χ3n) is 3.56. The molecule has 0 spiro atoms. The quantitative estimate of drug-likeness (QED) is 0.835. The topological polar surface area (TPSA) is 54.0 Å². The molecular formula is C17H19N3O3. The highest BCUT2D eigenvalue weighted by Gasteiger charge is 2.37. The van der Waals surface area contributed by atoms with E-state index in [9.17, 15) is 4.79 Å². The molecule has 0 amide bonds. The Bertz CT molecular complexity index is 707. The largest absolute Gasteiger partial charge is 0.497 e. The van der Waals surface area contributed by atoms with Crippen LogP contribution in [0.5, 0.6) is 5.75 Å². The van der Waals surface area contributed by atoms with Crippen molar-refractivity contribution in [1.29, 1.82) is 0 Å². The zero-order chi connectivity index (χ0) is 16.4. The molecule has 6 heteroatoms. The molecule has 3 rings (SSSR count). The smallest absolute Gasteiger partial charge is 0.254 e. The van der Waals surface area contributed by atoms with Crippen LogP contribution in [0, 0.1) is 0 Å². The zero-order valence-corrected chi connectivity index (χ0v) is 13.3. The van der Waals surface area contributed by atoms with Gasteiger partial charge in [-0.1, -0.05) is 12.1 Å². The normalized spacial score (nSPS) is 18.9. The van der Waals surface area contributed by atoms with Gasteiger partial charge in [0.15, 0.2) is 0 Å². The summed E-state index contributed by atoms with van der Waals surface area (Å²) in [6.07, 6.45) is 6.21. The Balaban J connectivity index is 2.03. The lowest BCUT2D eigenvalue weighted by Crippen LogP contribution is -2.32. The van der Waals surface area contributed by atoms with Crippen molar-refractivity contribution in [3.05, 3.63) is 60.3 Å². The number of nitrogens with one attached hydrogen (secondary N) is 1. The van der Waals surface area contributed by atoms with Gasteiger partial charge in [0.1, 0.15) is 17.7 Å². The molecule has 0 aromatic heterocycles. The maximum absolute atomic E-state index is 12.7. The molecule has 0 fully saturated rings. The van der Waals surface area contributed by atoms with Gasteiger partial charge in [0.05, 0.1) is 12.8 Å². The molecule has 0 saturated heterocycles. The van der Waals surface area contributed by atoms with Crippen molar-refractivity contribution in [2.75, 3.05) is 21.2 Å². The Morgan fingerprint density at radius 3 is 3.00 bits per heavy atom. The molecule has 0 aliphatic carbocycles. The molecule has 1 aromatic carbocycles. The first kappa shape index (κ1) is 15.0. The fraction of sp³-hybridized carbons (Fsp3) is 0.235. The van der Waals surface area contributed by atoms with Gasteiger partial charge in [0.25, 0.3) is 6.35 Å². The molecule has 2 aliphatic rings. The number of methoxy groups -OCH3 is 1. The van der Waals surface area contributed by atoms with Crippen LogP contribution in [-0.2, 0) is 9.53 Å². The molecule has 120 valence electrons. The van der Waals surface area contributed by atoms with Gasteiger partial charge in [-0.15, -0.1) is 0 Å². The highest BCUT2D eigenvalue weighted by molar-refractivity contribution is 6.09. The maximum atomic E-state index is 12.7. The summed E-state index contributed by atoms with van der Waals surface area (Å²) < 4.78 is 10.7. The molecule has 6 nitrogen and oxygen atoms in total. The fourth-order valence-electron chi connectivity index (χ4n) is 2.48. The Hall–Kier alpha value is -2.89. The van der Waals surface area contributed by atoms with E-state index in [1.54, 1.807) is 36.7 Å². The predicted octanol–water partition coefficient (Wildman–Crippen LogP) is 1.70. The van der Waals surface area contributed by atoms with Crippen LogP contribution < -0.4 is 10.1 Å². The average Bonchev–Trinajstić information content (AvgIpc) is 3.13. The van der Waals surface area contributed by atoms with E-state index in [0.29, 0.717) is 5.70 Å². The number of rotatable bonds is 5. The summed E-state index contributed by atoms with van der Waals surface area (Å²) in [6.45, 7) is 0. The second kappa shape index (κ2) is 6.08. The van der Waals surface area contributed by atoms with E-state index >= 15 is 0 Å². The second-order valence-electron chi connectivity index (χ2n) is 5.42. The summed E-state index contributed by atoms with van der Waals surface area (Å²) in [7, 11) is 5.36. The van der Waals surface area contributed by atoms with Gasteiger partial charge >= 0.3 is 0 Å². The highest BCUT2D eigenvalue weighted by Crippen LogP contribution is 2.33. The summed E-state index contributed by atoms with van der Waals surface area (Å²) in [5.74, 6) is 0.637. The third kappa shape index (κ3) is 2.88. The molecule has 1 aromatic rings. The lowest BCUT2D eigenvalue weighted by molar-refractivity contribution is -0.112. The zero-order valence-electron chi connectivity index (χ0n) is 13.3. The first-order valence-electron chi connectivity index (χ1n) is 7.25. The van der Waals surface area contributed by atoms with Crippen LogP contribution in [0.2, 0.25) is 0 Å². The minimum atomic E-state index is -0.386. The van der Waals surface area contributed by atoms with E-state index in [1.165, 1.54) is 0 Å². The van der Waals surface area contributed by atoms with E-state index in [2.05, 4.69) is 5.32 Å². The van der Waals surface area contributed by atoms with Crippen LogP contribution in [0.3, 0.4) is 0 Å². The maximum Gasteiger partial charge on any atom is 0.254 e. The fourth-order valence-corrected chi connectivity index (χ4v) is 2.48. The Kier molecular flexibility index (Phi) is 3.97. The van der Waals surface area contributed by atoms with Gasteiger partial charge in [0.2, 0.25) is 5.78 Å². The van der Waals surface area contributed by atoms with Crippen molar-refractivity contribution in [2.24, 2.45) is 0 Å². The SMILES string of the molecule is COc1cccc(C2=C(C(=O)/C=C\N(C)C)N3C=CO[C@@H]3N2)c1. The molecule has 23 heavy (non-hydrogen) atoms. The van der Waals surface area contributed by atoms with Gasteiger partial charge in [-0.25, -0.2) is 0 Å². The van der Waals surface area contributed by atoms with E-state index in [4.69, 9.17) is 9.47 Å². The molecule has 1 atom stereocenters. The number of hydrogen-bond donors (Lipinski definition) is 1. The van der Waals surface area contributed by atoms with Crippen molar-refractivity contribution in [3.63, 3.8) is 0 Å². The van der Waals surface area contributed by atoms with Crippen LogP contribution >= 0.6 is 0 Å². The van der Waals surface area contributed by atoms with Crippen molar-refractivity contribution >= 4 is 11.5 Å². The lowest BCUT2D eigenvalue weighted by Gasteiger charge is -2.16. The summed E-state index contributed by atoms with van der Waals surface area (Å²) in [5, 5.41) is 3.24. The van der Waals surface area contributed by atoms with Crippen molar-refractivity contribution in [3.8, 4) is 5.75 Å². The first-order chi connectivity index (χ1) is 11.1.